The van der Waals surface area contributed by atoms with Crippen molar-refractivity contribution in [3.63, 3.8) is 0 Å². The molecule has 14 heavy (non-hydrogen) atoms. The molecule has 0 saturated carbocycles. The van der Waals surface area contributed by atoms with Crippen LogP contribution in [-0.4, -0.2) is 11.7 Å². The molecule has 1 atom stereocenters. The highest BCUT2D eigenvalue weighted by molar-refractivity contribution is 7.36. The Bertz CT molecular complexity index is 337. The summed E-state index contributed by atoms with van der Waals surface area (Å²) in [7, 11) is -2.11. The van der Waals surface area contributed by atoms with E-state index in [2.05, 4.69) is 4.52 Å². The van der Waals surface area contributed by atoms with Gasteiger partial charge < -0.3 is 5.11 Å². The molecule has 5 heteroatoms. The van der Waals surface area contributed by atoms with Crippen molar-refractivity contribution in [3.8, 4) is 0 Å². The third-order valence-corrected chi connectivity index (χ3v) is 1.95. The molecule has 1 unspecified atom stereocenters. The van der Waals surface area contributed by atoms with Gasteiger partial charge in [-0.1, -0.05) is 35.8 Å². The summed E-state index contributed by atoms with van der Waals surface area (Å²) in [6.07, 6.45) is 1.41. The molecule has 0 spiro atoms. The van der Waals surface area contributed by atoms with Crippen molar-refractivity contribution in [2.75, 3.05) is 6.61 Å². The lowest BCUT2D eigenvalue weighted by molar-refractivity contribution is 0.368. The van der Waals surface area contributed by atoms with E-state index in [0.29, 0.717) is 5.56 Å². The van der Waals surface area contributed by atoms with Crippen LogP contribution in [0, 0.1) is 0 Å². The van der Waals surface area contributed by atoms with E-state index in [-0.39, 0.29) is 12.4 Å². The van der Waals surface area contributed by atoms with Gasteiger partial charge in [0.05, 0.1) is 0 Å². The predicted molar refractivity (Wildman–Crippen MR) is 54.8 cm³/mol. The van der Waals surface area contributed by atoms with Crippen molar-refractivity contribution >= 4 is 13.9 Å². The minimum Gasteiger partial charge on any atom is -0.508 e. The highest BCUT2D eigenvalue weighted by atomic mass is 31.1. The largest absolute Gasteiger partial charge is 0.610 e. The molecule has 0 amide bonds. The van der Waals surface area contributed by atoms with Crippen LogP contribution >= 0.6 is 8.18 Å². The van der Waals surface area contributed by atoms with Gasteiger partial charge in [0.15, 0.2) is 0 Å². The number of aliphatic hydroxyl groups excluding tert-OH is 1. The van der Waals surface area contributed by atoms with E-state index in [1.54, 1.807) is 12.1 Å². The van der Waals surface area contributed by atoms with Crippen LogP contribution in [0.3, 0.4) is 0 Å². The fourth-order valence-corrected chi connectivity index (χ4v) is 1.14. The summed E-state index contributed by atoms with van der Waals surface area (Å²) >= 11 is 0. The third-order valence-electron chi connectivity index (χ3n) is 1.55. The van der Waals surface area contributed by atoms with E-state index in [1.807, 2.05) is 18.2 Å². The first-order valence-electron chi connectivity index (χ1n) is 3.99. The minimum atomic E-state index is -2.11. The van der Waals surface area contributed by atoms with Crippen LogP contribution in [0.5, 0.6) is 0 Å². The van der Waals surface area contributed by atoms with Crippen LogP contribution in [-0.2, 0) is 9.09 Å². The Morgan fingerprint density at radius 2 is 2.14 bits per heavy atom. The van der Waals surface area contributed by atoms with Crippen molar-refractivity contribution in [1.82, 2.24) is 0 Å². The Morgan fingerprint density at radius 3 is 2.71 bits per heavy atom. The number of hydrogen-bond donors (Lipinski definition) is 2. The summed E-state index contributed by atoms with van der Waals surface area (Å²) in [4.78, 5) is 0. The van der Waals surface area contributed by atoms with Gasteiger partial charge in [0.2, 0.25) is 0 Å². The van der Waals surface area contributed by atoms with Gasteiger partial charge in [-0.25, -0.2) is 0 Å². The van der Waals surface area contributed by atoms with Gasteiger partial charge >= 0.3 is 8.18 Å². The molecule has 74 valence electrons. The maximum atomic E-state index is 10.4. The summed E-state index contributed by atoms with van der Waals surface area (Å²) in [6.45, 7) is 0.0342. The van der Waals surface area contributed by atoms with E-state index in [9.17, 15) is 9.67 Å². The number of benzene rings is 1. The first-order chi connectivity index (χ1) is 6.70. The van der Waals surface area contributed by atoms with Crippen molar-refractivity contribution in [1.29, 1.82) is 0 Å². The molecule has 0 fully saturated rings. The molecule has 0 aliphatic rings. The lowest BCUT2D eigenvalue weighted by Crippen LogP contribution is -1.89. The van der Waals surface area contributed by atoms with Gasteiger partial charge in [0, 0.05) is 5.56 Å². The van der Waals surface area contributed by atoms with E-state index in [4.69, 9.17) is 5.50 Å². The van der Waals surface area contributed by atoms with Gasteiger partial charge in [-0.2, -0.15) is 0 Å². The molecule has 4 nitrogen and oxygen atoms in total. The topological polar surface area (TPSA) is 72.6 Å². The Balaban J connectivity index is 2.57. The average Bonchev–Trinajstić information content (AvgIpc) is 2.18. The zero-order valence-electron chi connectivity index (χ0n) is 7.46. The second-order valence-corrected chi connectivity index (χ2v) is 3.37. The quantitative estimate of drug-likeness (QED) is 0.592. The van der Waals surface area contributed by atoms with Crippen LogP contribution < -0.4 is 5.50 Å². The smallest absolute Gasteiger partial charge is 0.508 e. The van der Waals surface area contributed by atoms with Crippen LogP contribution in [0.15, 0.2) is 36.4 Å². The van der Waals surface area contributed by atoms with Crippen LogP contribution in [0.1, 0.15) is 5.56 Å². The predicted octanol–water partition coefficient (Wildman–Crippen LogP) is 2.22. The summed E-state index contributed by atoms with van der Waals surface area (Å²) in [5.41, 5.74) is 5.58. The molecule has 0 saturated heterocycles. The molecule has 1 aromatic carbocycles. The molecule has 0 aliphatic carbocycles. The van der Waals surface area contributed by atoms with Crippen molar-refractivity contribution in [2.45, 2.75) is 0 Å². The first kappa shape index (κ1) is 10.9. The number of rotatable bonds is 4. The number of aliphatic hydroxyl groups is 1. The van der Waals surface area contributed by atoms with Gasteiger partial charge in [0.1, 0.15) is 12.4 Å². The summed E-state index contributed by atoms with van der Waals surface area (Å²) in [6, 6.07) is 8.99. The summed E-state index contributed by atoms with van der Waals surface area (Å²) in [5, 5.41) is 9.48. The van der Waals surface area contributed by atoms with Gasteiger partial charge in [0.25, 0.3) is 0 Å². The van der Waals surface area contributed by atoms with Crippen LogP contribution in [0.4, 0.5) is 0 Å². The molecule has 0 heterocycles. The van der Waals surface area contributed by atoms with Gasteiger partial charge in [-0.15, -0.1) is 4.52 Å². The summed E-state index contributed by atoms with van der Waals surface area (Å²) in [5.74, 6) is 0.0856. The molecule has 1 rings (SSSR count). The fraction of sp³-hybridized carbons (Fsp3) is 0.111. The molecule has 3 N–H and O–H groups in total. The third kappa shape index (κ3) is 3.66. The normalized spacial score (nSPS) is 12.6. The SMILES string of the molecule is N[P+](=O)OC/C=C(\O)c1ccccc1. The highest BCUT2D eigenvalue weighted by Crippen LogP contribution is 2.13. The fourth-order valence-electron chi connectivity index (χ4n) is 0.916. The van der Waals surface area contributed by atoms with Crippen molar-refractivity contribution < 1.29 is 14.2 Å². The highest BCUT2D eigenvalue weighted by Gasteiger charge is 2.06. The maximum Gasteiger partial charge on any atom is 0.610 e. The lowest BCUT2D eigenvalue weighted by Gasteiger charge is -1.97. The second-order valence-electron chi connectivity index (χ2n) is 2.54. The first-order valence-corrected chi connectivity index (χ1v) is 5.24. The summed E-state index contributed by atoms with van der Waals surface area (Å²) < 4.78 is 14.9. The van der Waals surface area contributed by atoms with E-state index < -0.39 is 8.18 Å². The number of hydrogen-bond acceptors (Lipinski definition) is 3. The Kier molecular flexibility index (Phi) is 4.26. The number of nitrogens with two attached hydrogens (primary N) is 1. The molecule has 0 bridgehead atoms. The van der Waals surface area contributed by atoms with Crippen LogP contribution in [0.25, 0.3) is 5.76 Å². The molecular formula is C9H11NO3P+. The zero-order chi connectivity index (χ0) is 10.4. The maximum absolute atomic E-state index is 10.4. The average molecular weight is 212 g/mol. The zero-order valence-corrected chi connectivity index (χ0v) is 8.35. The van der Waals surface area contributed by atoms with E-state index in [1.165, 1.54) is 6.08 Å². The van der Waals surface area contributed by atoms with Crippen molar-refractivity contribution in [2.24, 2.45) is 5.50 Å². The molecule has 0 aliphatic heterocycles. The Hall–Kier alpha value is -1.22. The monoisotopic (exact) mass is 212 g/mol. The van der Waals surface area contributed by atoms with Gasteiger partial charge in [-0.3, -0.25) is 0 Å². The molecule has 0 aromatic heterocycles. The van der Waals surface area contributed by atoms with E-state index in [0.717, 1.165) is 0 Å². The Labute approximate surface area is 82.9 Å². The Morgan fingerprint density at radius 1 is 1.50 bits per heavy atom. The molecule has 1 aromatic rings. The minimum absolute atomic E-state index is 0.0342. The lowest BCUT2D eigenvalue weighted by atomic mass is 10.2. The molecular weight excluding hydrogens is 201 g/mol. The molecule has 0 radical (unpaired) electrons. The van der Waals surface area contributed by atoms with E-state index >= 15 is 0 Å². The second kappa shape index (κ2) is 5.50. The van der Waals surface area contributed by atoms with Gasteiger partial charge in [-0.05, 0) is 10.6 Å². The standard InChI is InChI=1S/C9H10NO3P/c10-14(12)13-7-6-9(11)8-4-2-1-3-5-8/h1-6H,7H2,(H2-,10,11,12)/p+1/b9-6-. The van der Waals surface area contributed by atoms with Crippen LogP contribution in [0.2, 0.25) is 0 Å². The van der Waals surface area contributed by atoms with Crippen molar-refractivity contribution in [3.05, 3.63) is 42.0 Å².